The van der Waals surface area contributed by atoms with Crippen molar-refractivity contribution in [1.82, 2.24) is 9.88 Å². The molecular formula is C33H46N2O3. The Morgan fingerprint density at radius 2 is 1.74 bits per heavy atom. The van der Waals surface area contributed by atoms with Gasteiger partial charge in [0.2, 0.25) is 0 Å². The topological polar surface area (TPSA) is 60.3 Å². The van der Waals surface area contributed by atoms with Crippen LogP contribution in [0.15, 0.2) is 24.3 Å². The smallest absolute Gasteiger partial charge is 0.308 e. The predicted molar refractivity (Wildman–Crippen MR) is 152 cm³/mol. The lowest BCUT2D eigenvalue weighted by Crippen LogP contribution is -2.47. The first-order chi connectivity index (χ1) is 18.0. The number of rotatable bonds is 7. The fourth-order valence-corrected chi connectivity index (χ4v) is 6.37. The van der Waals surface area contributed by atoms with Gasteiger partial charge in [-0.2, -0.15) is 0 Å². The van der Waals surface area contributed by atoms with Crippen molar-refractivity contribution in [2.45, 2.75) is 116 Å². The number of nitrogens with zero attached hydrogens (tertiary/aromatic N) is 1. The third-order valence-corrected chi connectivity index (χ3v) is 9.58. The van der Waals surface area contributed by atoms with Gasteiger partial charge in [-0.3, -0.25) is 9.59 Å². The zero-order chi connectivity index (χ0) is 27.2. The van der Waals surface area contributed by atoms with E-state index in [1.165, 1.54) is 68.7 Å². The van der Waals surface area contributed by atoms with Gasteiger partial charge in [0.25, 0.3) is 5.91 Å². The van der Waals surface area contributed by atoms with Crippen molar-refractivity contribution in [3.05, 3.63) is 46.6 Å². The Morgan fingerprint density at radius 3 is 2.34 bits per heavy atom. The average molecular weight is 519 g/mol. The number of benzene rings is 1. The Hall–Kier alpha value is -2.56. The third kappa shape index (κ3) is 5.44. The highest BCUT2D eigenvalue weighted by atomic mass is 16.5. The number of esters is 1. The van der Waals surface area contributed by atoms with Crippen LogP contribution in [-0.4, -0.2) is 29.6 Å². The molecule has 0 aliphatic heterocycles. The summed E-state index contributed by atoms with van der Waals surface area (Å²) in [5.74, 6) is 0.357. The summed E-state index contributed by atoms with van der Waals surface area (Å²) in [6, 6.07) is 9.32. The molecule has 3 fully saturated rings. The largest absolute Gasteiger partial charge is 0.469 e. The van der Waals surface area contributed by atoms with Gasteiger partial charge in [-0.15, -0.1) is 0 Å². The van der Waals surface area contributed by atoms with E-state index in [9.17, 15) is 9.59 Å². The van der Waals surface area contributed by atoms with Gasteiger partial charge in [-0.1, -0.05) is 53.0 Å². The lowest BCUT2D eigenvalue weighted by molar-refractivity contribution is -0.149. The van der Waals surface area contributed by atoms with Crippen LogP contribution in [-0.2, 0) is 26.9 Å². The zero-order valence-electron chi connectivity index (χ0n) is 24.3. The Bertz CT molecular complexity index is 1180. The second kappa shape index (κ2) is 10.2. The van der Waals surface area contributed by atoms with Crippen molar-refractivity contribution in [3.8, 4) is 11.3 Å². The van der Waals surface area contributed by atoms with Crippen LogP contribution in [0.25, 0.3) is 11.3 Å². The lowest BCUT2D eigenvalue weighted by Gasteiger charge is -2.33. The summed E-state index contributed by atoms with van der Waals surface area (Å²) in [4.78, 5) is 25.3. The van der Waals surface area contributed by atoms with Gasteiger partial charge in [-0.25, -0.2) is 0 Å². The molecule has 0 spiro atoms. The fourth-order valence-electron chi connectivity index (χ4n) is 6.37. The first-order valence-electron chi connectivity index (χ1n) is 14.7. The van der Waals surface area contributed by atoms with Crippen molar-refractivity contribution in [1.29, 1.82) is 0 Å². The predicted octanol–water partition coefficient (Wildman–Crippen LogP) is 7.07. The molecule has 0 atom stereocenters. The van der Waals surface area contributed by atoms with Gasteiger partial charge in [0.05, 0.1) is 18.6 Å². The standard InChI is InChI=1S/C33H46N2O3/c1-21-28(30(36)34-27-16-24(17-27)31(37)38-6)19-29(35(21)20-22-10-8-7-9-11-22)23-14-25(32(2,3)4)18-26(15-23)33(5)12-13-33/h14-15,18-19,22,24,27H,7-13,16-17,20H2,1-6H3,(H,34,36). The van der Waals surface area contributed by atoms with E-state index in [-0.39, 0.29) is 34.7 Å². The maximum Gasteiger partial charge on any atom is 0.308 e. The van der Waals surface area contributed by atoms with Gasteiger partial charge in [0, 0.05) is 24.0 Å². The molecule has 1 amide bonds. The van der Waals surface area contributed by atoms with Crippen LogP contribution in [0.3, 0.4) is 0 Å². The molecule has 5 rings (SSSR count). The number of aromatic nitrogens is 1. The molecule has 38 heavy (non-hydrogen) atoms. The summed E-state index contributed by atoms with van der Waals surface area (Å²) in [6.07, 6.45) is 10.3. The lowest BCUT2D eigenvalue weighted by atomic mass is 9.80. The van der Waals surface area contributed by atoms with Crippen LogP contribution in [0.1, 0.15) is 113 Å². The summed E-state index contributed by atoms with van der Waals surface area (Å²) in [6.45, 7) is 12.3. The fraction of sp³-hybridized carbons (Fsp3) is 0.636. The molecule has 0 radical (unpaired) electrons. The molecule has 1 heterocycles. The van der Waals surface area contributed by atoms with E-state index in [4.69, 9.17) is 4.74 Å². The molecule has 1 N–H and O–H groups in total. The van der Waals surface area contributed by atoms with Crippen molar-refractivity contribution < 1.29 is 14.3 Å². The normalized spacial score (nSPS) is 23.0. The van der Waals surface area contributed by atoms with E-state index in [0.29, 0.717) is 18.8 Å². The molecule has 3 aliphatic rings. The van der Waals surface area contributed by atoms with E-state index >= 15 is 0 Å². The Kier molecular flexibility index (Phi) is 7.26. The zero-order valence-corrected chi connectivity index (χ0v) is 24.3. The average Bonchev–Trinajstić information content (AvgIpc) is 3.54. The van der Waals surface area contributed by atoms with Crippen LogP contribution in [0, 0.1) is 18.8 Å². The van der Waals surface area contributed by atoms with Gasteiger partial charge in [0.1, 0.15) is 0 Å². The second-order valence-corrected chi connectivity index (χ2v) is 13.6. The summed E-state index contributed by atoms with van der Waals surface area (Å²) < 4.78 is 7.30. The highest BCUT2D eigenvalue weighted by Gasteiger charge is 2.40. The van der Waals surface area contributed by atoms with Crippen molar-refractivity contribution >= 4 is 11.9 Å². The number of carbonyl (C=O) groups excluding carboxylic acids is 2. The highest BCUT2D eigenvalue weighted by molar-refractivity contribution is 5.97. The van der Waals surface area contributed by atoms with Crippen LogP contribution >= 0.6 is 0 Å². The van der Waals surface area contributed by atoms with Gasteiger partial charge >= 0.3 is 5.97 Å². The van der Waals surface area contributed by atoms with E-state index in [1.807, 2.05) is 0 Å². The molecule has 0 saturated heterocycles. The summed E-state index contributed by atoms with van der Waals surface area (Å²) >= 11 is 0. The van der Waals surface area contributed by atoms with Crippen LogP contribution in [0.4, 0.5) is 0 Å². The van der Waals surface area contributed by atoms with Crippen LogP contribution < -0.4 is 5.32 Å². The minimum absolute atomic E-state index is 0.0270. The number of hydrogen-bond acceptors (Lipinski definition) is 3. The molecule has 206 valence electrons. The van der Waals surface area contributed by atoms with E-state index in [0.717, 1.165) is 23.5 Å². The minimum Gasteiger partial charge on any atom is -0.469 e. The molecule has 0 bridgehead atoms. The first kappa shape index (κ1) is 27.0. The monoisotopic (exact) mass is 518 g/mol. The maximum atomic E-state index is 13.5. The Morgan fingerprint density at radius 1 is 1.05 bits per heavy atom. The Balaban J connectivity index is 1.50. The minimum atomic E-state index is -0.175. The van der Waals surface area contributed by atoms with Gasteiger partial charge in [0.15, 0.2) is 0 Å². The summed E-state index contributed by atoms with van der Waals surface area (Å²) in [7, 11) is 1.43. The number of nitrogens with one attached hydrogen (secondary N) is 1. The molecule has 1 aromatic carbocycles. The molecule has 1 aromatic heterocycles. The number of methoxy groups -OCH3 is 1. The highest BCUT2D eigenvalue weighted by Crippen LogP contribution is 2.49. The molecule has 2 aromatic rings. The van der Waals surface area contributed by atoms with Gasteiger partial charge in [-0.05, 0) is 97.1 Å². The van der Waals surface area contributed by atoms with E-state index in [2.05, 4.69) is 68.8 Å². The van der Waals surface area contributed by atoms with E-state index < -0.39 is 0 Å². The van der Waals surface area contributed by atoms with E-state index in [1.54, 1.807) is 0 Å². The first-order valence-corrected chi connectivity index (χ1v) is 14.7. The van der Waals surface area contributed by atoms with Crippen molar-refractivity contribution in [3.63, 3.8) is 0 Å². The van der Waals surface area contributed by atoms with Crippen molar-refractivity contribution in [2.75, 3.05) is 7.11 Å². The Labute approximate surface area is 228 Å². The van der Waals surface area contributed by atoms with Crippen molar-refractivity contribution in [2.24, 2.45) is 11.8 Å². The summed E-state index contributed by atoms with van der Waals surface area (Å²) in [5.41, 5.74) is 7.31. The molecular weight excluding hydrogens is 472 g/mol. The number of ether oxygens (including phenoxy) is 1. The van der Waals surface area contributed by atoms with Crippen LogP contribution in [0.2, 0.25) is 0 Å². The maximum absolute atomic E-state index is 13.5. The summed E-state index contributed by atoms with van der Waals surface area (Å²) in [5, 5.41) is 3.20. The number of hydrogen-bond donors (Lipinski definition) is 1. The number of amides is 1. The van der Waals surface area contributed by atoms with Gasteiger partial charge < -0.3 is 14.6 Å². The molecule has 0 unspecified atom stereocenters. The SMILES string of the molecule is COC(=O)C1CC(NC(=O)c2cc(-c3cc(C(C)(C)C)cc(C4(C)CC4)c3)n(CC3CCCCC3)c2C)C1. The molecule has 3 aliphatic carbocycles. The molecule has 3 saturated carbocycles. The third-order valence-electron chi connectivity index (χ3n) is 9.58. The molecule has 5 nitrogen and oxygen atoms in total. The van der Waals surface area contributed by atoms with Crippen LogP contribution in [0.5, 0.6) is 0 Å². The quantitative estimate of drug-likeness (QED) is 0.399. The second-order valence-electron chi connectivity index (χ2n) is 13.6. The number of carbonyl (C=O) groups is 2. The molecule has 5 heteroatoms.